The topological polar surface area (TPSA) is 62.3 Å². The van der Waals surface area contributed by atoms with Gasteiger partial charge in [0.25, 0.3) is 5.91 Å². The van der Waals surface area contributed by atoms with Crippen LogP contribution in [0.2, 0.25) is 0 Å². The van der Waals surface area contributed by atoms with Crippen molar-refractivity contribution in [2.45, 2.75) is 33.6 Å². The lowest BCUT2D eigenvalue weighted by Gasteiger charge is -2.17. The Hall–Kier alpha value is -2.99. The zero-order valence-electron chi connectivity index (χ0n) is 18.0. The minimum absolute atomic E-state index is 0.0391. The van der Waals surface area contributed by atoms with Crippen LogP contribution in [-0.4, -0.2) is 35.3 Å². The van der Waals surface area contributed by atoms with Crippen LogP contribution in [0.4, 0.5) is 5.69 Å². The molecule has 0 unspecified atom stereocenters. The van der Waals surface area contributed by atoms with Gasteiger partial charge in [0.15, 0.2) is 0 Å². The fraction of sp³-hybridized carbons (Fsp3) is 0.292. The van der Waals surface area contributed by atoms with Crippen molar-refractivity contribution in [3.8, 4) is 10.6 Å². The first-order chi connectivity index (χ1) is 14.3. The number of para-hydroxylation sites is 1. The van der Waals surface area contributed by atoms with Gasteiger partial charge in [-0.25, -0.2) is 4.98 Å². The molecule has 0 radical (unpaired) electrons. The van der Waals surface area contributed by atoms with Gasteiger partial charge < -0.3 is 10.2 Å². The molecule has 1 N–H and O–H groups in total. The quantitative estimate of drug-likeness (QED) is 0.590. The van der Waals surface area contributed by atoms with Crippen molar-refractivity contribution in [1.29, 1.82) is 0 Å². The molecule has 0 fully saturated rings. The molecule has 1 aromatic heterocycles. The van der Waals surface area contributed by atoms with Gasteiger partial charge in [-0.1, -0.05) is 56.3 Å². The van der Waals surface area contributed by atoms with Gasteiger partial charge in [0.05, 0.1) is 6.54 Å². The normalized spacial score (nSPS) is 10.9. The Morgan fingerprint density at radius 1 is 1.07 bits per heavy atom. The fourth-order valence-electron chi connectivity index (χ4n) is 3.19. The van der Waals surface area contributed by atoms with Gasteiger partial charge in [-0.05, 0) is 36.5 Å². The summed E-state index contributed by atoms with van der Waals surface area (Å²) in [5.41, 5.74) is 5.38. The van der Waals surface area contributed by atoms with Crippen LogP contribution >= 0.6 is 11.3 Å². The number of aryl methyl sites for hydroxylation is 2. The number of amides is 2. The van der Waals surface area contributed by atoms with Crippen LogP contribution in [0.3, 0.4) is 0 Å². The molecule has 3 rings (SSSR count). The van der Waals surface area contributed by atoms with Gasteiger partial charge in [0.1, 0.15) is 10.7 Å². The summed E-state index contributed by atoms with van der Waals surface area (Å²) in [5, 5.41) is 5.45. The van der Waals surface area contributed by atoms with Crippen molar-refractivity contribution >= 4 is 28.8 Å². The highest BCUT2D eigenvalue weighted by Crippen LogP contribution is 2.26. The molecule has 2 amide bonds. The Morgan fingerprint density at radius 3 is 2.30 bits per heavy atom. The second-order valence-electron chi connectivity index (χ2n) is 7.79. The minimum Gasteiger partial charge on any atom is -0.331 e. The molecule has 2 aromatic carbocycles. The van der Waals surface area contributed by atoms with Crippen LogP contribution < -0.4 is 5.32 Å². The van der Waals surface area contributed by atoms with Gasteiger partial charge in [0.2, 0.25) is 5.91 Å². The Balaban J connectivity index is 1.65. The van der Waals surface area contributed by atoms with E-state index < -0.39 is 0 Å². The highest BCUT2D eigenvalue weighted by atomic mass is 32.1. The molecular weight excluding hydrogens is 394 g/mol. The number of thiazole rings is 1. The molecule has 156 valence electrons. The van der Waals surface area contributed by atoms with E-state index in [0.717, 1.165) is 27.4 Å². The smallest absolute Gasteiger partial charge is 0.273 e. The van der Waals surface area contributed by atoms with Crippen molar-refractivity contribution < 1.29 is 9.59 Å². The van der Waals surface area contributed by atoms with Gasteiger partial charge in [0, 0.05) is 23.7 Å². The highest BCUT2D eigenvalue weighted by Gasteiger charge is 2.19. The van der Waals surface area contributed by atoms with Crippen LogP contribution in [-0.2, 0) is 4.79 Å². The lowest BCUT2D eigenvalue weighted by atomic mass is 10.0. The number of benzene rings is 2. The molecule has 0 saturated carbocycles. The Kier molecular flexibility index (Phi) is 6.67. The molecule has 0 saturated heterocycles. The fourth-order valence-corrected chi connectivity index (χ4v) is 3.99. The van der Waals surface area contributed by atoms with E-state index in [1.807, 2.05) is 44.2 Å². The van der Waals surface area contributed by atoms with E-state index in [9.17, 15) is 9.59 Å². The number of hydrogen-bond acceptors (Lipinski definition) is 4. The molecule has 30 heavy (non-hydrogen) atoms. The van der Waals surface area contributed by atoms with E-state index in [1.165, 1.54) is 21.8 Å². The molecule has 0 bridgehead atoms. The van der Waals surface area contributed by atoms with E-state index in [1.54, 1.807) is 12.4 Å². The maximum Gasteiger partial charge on any atom is 0.273 e. The van der Waals surface area contributed by atoms with Gasteiger partial charge >= 0.3 is 0 Å². The summed E-state index contributed by atoms with van der Waals surface area (Å²) < 4.78 is 0. The second kappa shape index (κ2) is 9.22. The summed E-state index contributed by atoms with van der Waals surface area (Å²) in [6.07, 6.45) is 0. The summed E-state index contributed by atoms with van der Waals surface area (Å²) >= 11 is 1.43. The van der Waals surface area contributed by atoms with E-state index in [2.05, 4.69) is 36.3 Å². The lowest BCUT2D eigenvalue weighted by molar-refractivity contribution is -0.116. The highest BCUT2D eigenvalue weighted by molar-refractivity contribution is 7.13. The number of rotatable bonds is 6. The number of anilines is 1. The van der Waals surface area contributed by atoms with Crippen molar-refractivity contribution in [3.63, 3.8) is 0 Å². The largest absolute Gasteiger partial charge is 0.331 e. The minimum atomic E-state index is -0.270. The number of likely N-dealkylation sites (N-methyl/N-ethyl adjacent to an activating group) is 1. The Labute approximate surface area is 181 Å². The summed E-state index contributed by atoms with van der Waals surface area (Å²) in [4.78, 5) is 31.1. The van der Waals surface area contributed by atoms with Gasteiger partial charge in [-0.2, -0.15) is 0 Å². The van der Waals surface area contributed by atoms with Crippen LogP contribution in [0, 0.1) is 13.8 Å². The molecule has 3 aromatic rings. The number of aromatic nitrogens is 1. The van der Waals surface area contributed by atoms with E-state index in [-0.39, 0.29) is 18.4 Å². The third-order valence-electron chi connectivity index (χ3n) is 5.02. The maximum atomic E-state index is 12.7. The molecule has 1 heterocycles. The van der Waals surface area contributed by atoms with Crippen molar-refractivity contribution in [3.05, 3.63) is 70.2 Å². The standard InChI is InChI=1S/C24H27N3O2S/c1-15(2)18-9-11-19(12-10-18)23-25-20(14-30-23)24(29)27(5)13-21(28)26-22-16(3)7-6-8-17(22)4/h6-12,14-15H,13H2,1-5H3,(H,26,28). The van der Waals surface area contributed by atoms with Crippen molar-refractivity contribution in [1.82, 2.24) is 9.88 Å². The molecule has 0 aliphatic rings. The molecule has 0 spiro atoms. The molecule has 0 aliphatic carbocycles. The van der Waals surface area contributed by atoms with Crippen LogP contribution in [0.1, 0.15) is 46.9 Å². The van der Waals surface area contributed by atoms with E-state index in [0.29, 0.717) is 11.6 Å². The van der Waals surface area contributed by atoms with E-state index in [4.69, 9.17) is 0 Å². The first-order valence-electron chi connectivity index (χ1n) is 9.93. The average Bonchev–Trinajstić information content (AvgIpc) is 3.20. The second-order valence-corrected chi connectivity index (χ2v) is 8.65. The zero-order chi connectivity index (χ0) is 21.8. The SMILES string of the molecule is Cc1cccc(C)c1NC(=O)CN(C)C(=O)c1csc(-c2ccc(C(C)C)cc2)n1. The molecule has 0 atom stereocenters. The number of carbonyl (C=O) groups is 2. The summed E-state index contributed by atoms with van der Waals surface area (Å²) in [6.45, 7) is 8.16. The van der Waals surface area contributed by atoms with Gasteiger partial charge in [-0.15, -0.1) is 11.3 Å². The average molecular weight is 422 g/mol. The summed E-state index contributed by atoms with van der Waals surface area (Å²) in [6, 6.07) is 14.1. The predicted molar refractivity (Wildman–Crippen MR) is 123 cm³/mol. The first-order valence-corrected chi connectivity index (χ1v) is 10.8. The molecule has 6 heteroatoms. The molecule has 5 nitrogen and oxygen atoms in total. The van der Waals surface area contributed by atoms with Gasteiger partial charge in [-0.3, -0.25) is 9.59 Å². The first kappa shape index (κ1) is 21.7. The van der Waals surface area contributed by atoms with Crippen LogP contribution in [0.5, 0.6) is 0 Å². The van der Waals surface area contributed by atoms with Crippen molar-refractivity contribution in [2.75, 3.05) is 18.9 Å². The van der Waals surface area contributed by atoms with E-state index >= 15 is 0 Å². The summed E-state index contributed by atoms with van der Waals surface area (Å²) in [7, 11) is 1.61. The number of nitrogens with zero attached hydrogens (tertiary/aromatic N) is 2. The molecule has 0 aliphatic heterocycles. The maximum absolute atomic E-state index is 12.7. The Bertz CT molecular complexity index is 1030. The number of carbonyl (C=O) groups excluding carboxylic acids is 2. The molecular formula is C24H27N3O2S. The van der Waals surface area contributed by atoms with Crippen molar-refractivity contribution in [2.24, 2.45) is 0 Å². The number of hydrogen-bond donors (Lipinski definition) is 1. The lowest BCUT2D eigenvalue weighted by Crippen LogP contribution is -2.35. The van der Waals surface area contributed by atoms with Crippen LogP contribution in [0.15, 0.2) is 47.8 Å². The third kappa shape index (κ3) is 4.94. The number of nitrogens with one attached hydrogen (secondary N) is 1. The summed E-state index contributed by atoms with van der Waals surface area (Å²) in [5.74, 6) is -0.0355. The predicted octanol–water partition coefficient (Wildman–Crippen LogP) is 5.26. The third-order valence-corrected chi connectivity index (χ3v) is 5.91. The monoisotopic (exact) mass is 421 g/mol. The zero-order valence-corrected chi connectivity index (χ0v) is 18.8. The Morgan fingerprint density at radius 2 is 1.70 bits per heavy atom. The van der Waals surface area contributed by atoms with Crippen LogP contribution in [0.25, 0.3) is 10.6 Å².